The molecule has 1 fully saturated rings. The number of benzene rings is 1. The number of carbonyl (C=O) groups excluding carboxylic acids is 1. The van der Waals surface area contributed by atoms with Crippen molar-refractivity contribution in [3.8, 4) is 5.75 Å². The van der Waals surface area contributed by atoms with E-state index >= 15 is 0 Å². The van der Waals surface area contributed by atoms with Gasteiger partial charge in [-0.1, -0.05) is 17.7 Å². The maximum absolute atomic E-state index is 12.3. The van der Waals surface area contributed by atoms with E-state index < -0.39 is 6.10 Å². The van der Waals surface area contributed by atoms with E-state index in [1.54, 1.807) is 17.9 Å². The lowest BCUT2D eigenvalue weighted by atomic mass is 10.2. The third-order valence-corrected chi connectivity index (χ3v) is 3.60. The van der Waals surface area contributed by atoms with E-state index in [1.807, 2.05) is 26.0 Å². The summed E-state index contributed by atoms with van der Waals surface area (Å²) in [7, 11) is 0. The molecule has 5 heteroatoms. The lowest BCUT2D eigenvalue weighted by molar-refractivity contribution is -0.144. The number of halogens is 1. The molecule has 1 aliphatic rings. The third kappa shape index (κ3) is 3.64. The van der Waals surface area contributed by atoms with Crippen LogP contribution in [0.3, 0.4) is 0 Å². The molecular formula is C15H20ClNO3. The Bertz CT molecular complexity index is 492. The molecule has 1 aromatic rings. The topological polar surface area (TPSA) is 38.8 Å². The van der Waals surface area contributed by atoms with Crippen LogP contribution in [0, 0.1) is 6.92 Å². The molecule has 0 spiro atoms. The summed E-state index contributed by atoms with van der Waals surface area (Å²) in [6.45, 7) is 7.46. The fraction of sp³-hybridized carbons (Fsp3) is 0.533. The minimum Gasteiger partial charge on any atom is -0.479 e. The number of morpholine rings is 1. The molecule has 4 nitrogen and oxygen atoms in total. The molecule has 0 aliphatic carbocycles. The molecule has 1 saturated heterocycles. The smallest absolute Gasteiger partial charge is 0.263 e. The van der Waals surface area contributed by atoms with Crippen LogP contribution in [0.2, 0.25) is 5.02 Å². The summed E-state index contributed by atoms with van der Waals surface area (Å²) in [5, 5.41) is 0.519. The molecule has 0 N–H and O–H groups in total. The molecule has 0 radical (unpaired) electrons. The highest BCUT2D eigenvalue weighted by Crippen LogP contribution is 2.26. The van der Waals surface area contributed by atoms with E-state index in [2.05, 4.69) is 0 Å². The first kappa shape index (κ1) is 15.1. The van der Waals surface area contributed by atoms with Gasteiger partial charge in [-0.15, -0.1) is 0 Å². The van der Waals surface area contributed by atoms with Gasteiger partial charge in [0.05, 0.1) is 17.7 Å². The zero-order valence-corrected chi connectivity index (χ0v) is 12.8. The van der Waals surface area contributed by atoms with Crippen LogP contribution in [0.4, 0.5) is 0 Å². The molecule has 2 rings (SSSR count). The fourth-order valence-corrected chi connectivity index (χ4v) is 2.38. The van der Waals surface area contributed by atoms with E-state index in [4.69, 9.17) is 21.1 Å². The Kier molecular flexibility index (Phi) is 4.89. The standard InChI is InChI=1S/C15H20ClNO3/c1-10-4-5-13(16)14(8-10)20-12(3)15(18)17-6-7-19-11(2)9-17/h4-5,8,11-12H,6-7,9H2,1-3H3. The van der Waals surface area contributed by atoms with Gasteiger partial charge in [0, 0.05) is 13.1 Å². The van der Waals surface area contributed by atoms with Crippen molar-refractivity contribution in [2.45, 2.75) is 33.0 Å². The van der Waals surface area contributed by atoms with Gasteiger partial charge in [-0.25, -0.2) is 0 Å². The predicted octanol–water partition coefficient (Wildman–Crippen LogP) is 2.66. The Morgan fingerprint density at radius 1 is 1.55 bits per heavy atom. The highest BCUT2D eigenvalue weighted by molar-refractivity contribution is 6.32. The lowest BCUT2D eigenvalue weighted by Crippen LogP contribution is -2.49. The number of hydrogen-bond acceptors (Lipinski definition) is 3. The fourth-order valence-electron chi connectivity index (χ4n) is 2.22. The Morgan fingerprint density at radius 3 is 3.00 bits per heavy atom. The Hall–Kier alpha value is -1.26. The summed E-state index contributed by atoms with van der Waals surface area (Å²) in [6, 6.07) is 5.53. The quantitative estimate of drug-likeness (QED) is 0.861. The maximum atomic E-state index is 12.3. The van der Waals surface area contributed by atoms with Crippen molar-refractivity contribution in [3.05, 3.63) is 28.8 Å². The number of aryl methyl sites for hydroxylation is 1. The summed E-state index contributed by atoms with van der Waals surface area (Å²) >= 11 is 6.08. The zero-order valence-electron chi connectivity index (χ0n) is 12.1. The van der Waals surface area contributed by atoms with Crippen LogP contribution < -0.4 is 4.74 Å². The van der Waals surface area contributed by atoms with Crippen molar-refractivity contribution in [3.63, 3.8) is 0 Å². The number of ether oxygens (including phenoxy) is 2. The zero-order chi connectivity index (χ0) is 14.7. The van der Waals surface area contributed by atoms with Crippen LogP contribution in [-0.2, 0) is 9.53 Å². The third-order valence-electron chi connectivity index (χ3n) is 3.29. The SMILES string of the molecule is Cc1ccc(Cl)c(OC(C)C(=O)N2CCOC(C)C2)c1. The molecule has 1 aliphatic heterocycles. The van der Waals surface area contributed by atoms with Crippen LogP contribution in [0.15, 0.2) is 18.2 Å². The molecule has 2 atom stereocenters. The van der Waals surface area contributed by atoms with Crippen LogP contribution in [0.25, 0.3) is 0 Å². The molecule has 0 bridgehead atoms. The molecule has 1 amide bonds. The second-order valence-electron chi connectivity index (χ2n) is 5.16. The molecule has 110 valence electrons. The van der Waals surface area contributed by atoms with Crippen molar-refractivity contribution in [2.75, 3.05) is 19.7 Å². The van der Waals surface area contributed by atoms with Crippen LogP contribution in [-0.4, -0.2) is 42.7 Å². The van der Waals surface area contributed by atoms with Crippen molar-refractivity contribution < 1.29 is 14.3 Å². The second-order valence-corrected chi connectivity index (χ2v) is 5.57. The average Bonchev–Trinajstić information content (AvgIpc) is 2.42. The van der Waals surface area contributed by atoms with Gasteiger partial charge in [-0.05, 0) is 38.5 Å². The first-order chi connectivity index (χ1) is 9.47. The highest BCUT2D eigenvalue weighted by Gasteiger charge is 2.26. The molecule has 1 heterocycles. The van der Waals surface area contributed by atoms with Crippen LogP contribution in [0.1, 0.15) is 19.4 Å². The first-order valence-electron chi connectivity index (χ1n) is 6.80. The summed E-state index contributed by atoms with van der Waals surface area (Å²) in [5.74, 6) is 0.520. The van der Waals surface area contributed by atoms with E-state index in [1.165, 1.54) is 0 Å². The van der Waals surface area contributed by atoms with Crippen LogP contribution >= 0.6 is 11.6 Å². The predicted molar refractivity (Wildman–Crippen MR) is 78.3 cm³/mol. The second kappa shape index (κ2) is 6.46. The summed E-state index contributed by atoms with van der Waals surface area (Å²) in [6.07, 6.45) is -0.484. The normalized spacial score (nSPS) is 20.6. The van der Waals surface area contributed by atoms with Gasteiger partial charge in [0.15, 0.2) is 6.10 Å². The average molecular weight is 298 g/mol. The maximum Gasteiger partial charge on any atom is 0.263 e. The van der Waals surface area contributed by atoms with Crippen molar-refractivity contribution in [1.82, 2.24) is 4.90 Å². The van der Waals surface area contributed by atoms with Gasteiger partial charge >= 0.3 is 0 Å². The van der Waals surface area contributed by atoms with Crippen molar-refractivity contribution in [2.24, 2.45) is 0 Å². The number of nitrogens with zero attached hydrogens (tertiary/aromatic N) is 1. The monoisotopic (exact) mass is 297 g/mol. The molecule has 1 aromatic carbocycles. The molecule has 0 saturated carbocycles. The Balaban J connectivity index is 2.01. The summed E-state index contributed by atoms with van der Waals surface area (Å²) in [4.78, 5) is 14.1. The van der Waals surface area contributed by atoms with E-state index in [0.29, 0.717) is 30.5 Å². The minimum atomic E-state index is -0.556. The molecule has 0 aromatic heterocycles. The Labute approximate surface area is 124 Å². The minimum absolute atomic E-state index is 0.0299. The van der Waals surface area contributed by atoms with E-state index in [-0.39, 0.29) is 12.0 Å². The van der Waals surface area contributed by atoms with Crippen LogP contribution in [0.5, 0.6) is 5.75 Å². The van der Waals surface area contributed by atoms with Gasteiger partial charge in [-0.3, -0.25) is 4.79 Å². The van der Waals surface area contributed by atoms with Crippen molar-refractivity contribution in [1.29, 1.82) is 0 Å². The first-order valence-corrected chi connectivity index (χ1v) is 7.18. The molecular weight excluding hydrogens is 278 g/mol. The molecule has 2 unspecified atom stereocenters. The van der Waals surface area contributed by atoms with Gasteiger partial charge in [0.1, 0.15) is 5.75 Å². The number of rotatable bonds is 3. The van der Waals surface area contributed by atoms with Gasteiger partial charge in [-0.2, -0.15) is 0 Å². The number of carbonyl (C=O) groups is 1. The molecule has 20 heavy (non-hydrogen) atoms. The largest absolute Gasteiger partial charge is 0.479 e. The highest BCUT2D eigenvalue weighted by atomic mass is 35.5. The number of amides is 1. The summed E-state index contributed by atoms with van der Waals surface area (Å²) < 4.78 is 11.1. The van der Waals surface area contributed by atoms with Crippen molar-refractivity contribution >= 4 is 17.5 Å². The Morgan fingerprint density at radius 2 is 2.30 bits per heavy atom. The van der Waals surface area contributed by atoms with Gasteiger partial charge in [0.2, 0.25) is 0 Å². The van der Waals surface area contributed by atoms with Gasteiger partial charge < -0.3 is 14.4 Å². The summed E-state index contributed by atoms with van der Waals surface area (Å²) in [5.41, 5.74) is 1.05. The lowest BCUT2D eigenvalue weighted by Gasteiger charge is -2.32. The van der Waals surface area contributed by atoms with E-state index in [9.17, 15) is 4.79 Å². The number of hydrogen-bond donors (Lipinski definition) is 0. The van der Waals surface area contributed by atoms with Gasteiger partial charge in [0.25, 0.3) is 5.91 Å². The van der Waals surface area contributed by atoms with E-state index in [0.717, 1.165) is 5.56 Å².